The Balaban J connectivity index is 0.000000112. The Hall–Kier alpha value is -16.6. The number of benzene rings is 18. The first-order valence-corrected chi connectivity index (χ1v) is 42.5. The molecule has 24 rings (SSSR count). The molecule has 0 N–H and O–H groups in total. The van der Waals surface area contributed by atoms with Crippen molar-refractivity contribution >= 4 is 97.2 Å². The van der Waals surface area contributed by atoms with Crippen LogP contribution in [0.15, 0.2) is 446 Å². The van der Waals surface area contributed by atoms with Crippen LogP contribution in [0.5, 0.6) is 0 Å². The minimum Gasteiger partial charge on any atom is -0.456 e. The van der Waals surface area contributed by atoms with Gasteiger partial charge in [-0.1, -0.05) is 370 Å². The van der Waals surface area contributed by atoms with Crippen molar-refractivity contribution in [3.05, 3.63) is 437 Å². The molecule has 6 heterocycles. The molecule has 0 amide bonds. The van der Waals surface area contributed by atoms with Gasteiger partial charge in [-0.3, -0.25) is 0 Å². The van der Waals surface area contributed by atoms with Crippen LogP contribution in [0.4, 0.5) is 0 Å². The highest BCUT2D eigenvalue weighted by molar-refractivity contribution is 7.26. The topological polar surface area (TPSA) is 129 Å². The molecular weight excluding hydrogens is 1550 g/mol. The molecule has 586 valence electrons. The van der Waals surface area contributed by atoms with Crippen LogP contribution >= 0.6 is 11.3 Å². The van der Waals surface area contributed by atoms with Crippen molar-refractivity contribution in [2.75, 3.05) is 0 Å². The van der Waals surface area contributed by atoms with E-state index in [1.54, 1.807) is 0 Å². The van der Waals surface area contributed by atoms with E-state index in [0.717, 1.165) is 150 Å². The fraction of sp³-hybridized carbons (Fsp3) is 0. The van der Waals surface area contributed by atoms with Gasteiger partial charge in [0.2, 0.25) is 0 Å². The Bertz CT molecular complexity index is 8110. The molecule has 0 spiro atoms. The Morgan fingerprint density at radius 3 is 0.928 bits per heavy atom. The smallest absolute Gasteiger partial charge is 0.164 e. The lowest BCUT2D eigenvalue weighted by molar-refractivity contribution is 0.668. The third-order valence-corrected chi connectivity index (χ3v) is 24.2. The number of aromatic nitrogens is 8. The lowest BCUT2D eigenvalue weighted by Crippen LogP contribution is -2.00. The standard InChI is InChI=1S/C43H27N3O.C39H25N3O.C32H20N2S/c1-2-8-28(9-3-1)30-14-19-32(20-15-30)41-44-42(46-43(45-41)36-23-18-29-10-4-5-11-34(29)26-36)33-21-16-31(17-22-33)35-24-25-38-37-12-6-7-13-39(37)47-40(38)27-35;1-3-9-26(10-4-1)27-15-19-30(20-16-27)38-40-37(29-11-5-2-6-12-29)41-39(42-38)31-21-17-28(18-22-31)32-23-24-34-33-13-7-8-14-35(33)43-36(34)25-32;1-2-9-21(10-3-1)22-17-19-23(20-18-22)31-32(34-27-14-6-5-13-26(27)33-31)25-12-8-16-29-30(25)24-11-4-7-15-28(24)35-29/h1-27H;1-25H;1-20H. The molecule has 125 heavy (non-hydrogen) atoms. The van der Waals surface area contributed by atoms with Crippen LogP contribution in [0, 0.1) is 0 Å². The second kappa shape index (κ2) is 32.8. The molecule has 10 nitrogen and oxygen atoms in total. The third-order valence-electron chi connectivity index (χ3n) is 23.0. The Labute approximate surface area is 724 Å². The quantitative estimate of drug-likeness (QED) is 0.110. The van der Waals surface area contributed by atoms with Gasteiger partial charge in [0.05, 0.1) is 22.4 Å². The molecule has 0 fully saturated rings. The third kappa shape index (κ3) is 15.1. The van der Waals surface area contributed by atoms with E-state index in [1.807, 2.05) is 121 Å². The van der Waals surface area contributed by atoms with Crippen molar-refractivity contribution in [1.82, 2.24) is 39.9 Å². The molecule has 0 aliphatic rings. The lowest BCUT2D eigenvalue weighted by atomic mass is 9.97. The van der Waals surface area contributed by atoms with Crippen LogP contribution in [0.3, 0.4) is 0 Å². The number of rotatable bonds is 13. The molecule has 0 aliphatic heterocycles. The number of para-hydroxylation sites is 4. The first-order chi connectivity index (χ1) is 61.9. The average Bonchev–Trinajstić information content (AvgIpc) is 1.67. The highest BCUT2D eigenvalue weighted by Crippen LogP contribution is 2.44. The van der Waals surface area contributed by atoms with E-state index in [0.29, 0.717) is 34.9 Å². The van der Waals surface area contributed by atoms with Crippen LogP contribution in [0.1, 0.15) is 0 Å². The average molecular weight is 1620 g/mol. The predicted molar refractivity (Wildman–Crippen MR) is 515 cm³/mol. The van der Waals surface area contributed by atoms with E-state index in [9.17, 15) is 0 Å². The molecule has 0 radical (unpaired) electrons. The highest BCUT2D eigenvalue weighted by atomic mass is 32.1. The summed E-state index contributed by atoms with van der Waals surface area (Å²) in [5, 5.41) is 9.35. The second-order valence-corrected chi connectivity index (χ2v) is 31.9. The van der Waals surface area contributed by atoms with Gasteiger partial charge in [0.25, 0.3) is 0 Å². The number of nitrogens with zero attached hydrogens (tertiary/aromatic N) is 8. The van der Waals surface area contributed by atoms with Crippen molar-refractivity contribution in [2.24, 2.45) is 0 Å². The van der Waals surface area contributed by atoms with E-state index < -0.39 is 0 Å². The summed E-state index contributed by atoms with van der Waals surface area (Å²) < 4.78 is 14.8. The van der Waals surface area contributed by atoms with Gasteiger partial charge in [0.15, 0.2) is 34.9 Å². The summed E-state index contributed by atoms with van der Waals surface area (Å²) in [7, 11) is 0. The van der Waals surface area contributed by atoms with E-state index in [1.165, 1.54) is 47.8 Å². The number of hydrogen-bond acceptors (Lipinski definition) is 11. The van der Waals surface area contributed by atoms with Gasteiger partial charge in [-0.25, -0.2) is 39.9 Å². The molecule has 0 saturated heterocycles. The normalized spacial score (nSPS) is 11.4. The Morgan fingerprint density at radius 1 is 0.168 bits per heavy atom. The minimum atomic E-state index is 0.629. The van der Waals surface area contributed by atoms with Crippen molar-refractivity contribution < 1.29 is 8.83 Å². The summed E-state index contributed by atoms with van der Waals surface area (Å²) in [5.74, 6) is 3.83. The minimum absolute atomic E-state index is 0.629. The van der Waals surface area contributed by atoms with E-state index in [-0.39, 0.29) is 0 Å². The number of fused-ring (bicyclic) bond motifs is 11. The van der Waals surface area contributed by atoms with Crippen molar-refractivity contribution in [3.8, 4) is 146 Å². The maximum Gasteiger partial charge on any atom is 0.164 e. The summed E-state index contributed by atoms with van der Waals surface area (Å²) >= 11 is 1.83. The van der Waals surface area contributed by atoms with Gasteiger partial charge in [-0.05, 0) is 133 Å². The van der Waals surface area contributed by atoms with Gasteiger partial charge in [-0.2, -0.15) is 0 Å². The van der Waals surface area contributed by atoms with E-state index in [2.05, 4.69) is 328 Å². The largest absolute Gasteiger partial charge is 0.456 e. The van der Waals surface area contributed by atoms with E-state index in [4.69, 9.17) is 48.7 Å². The first-order valence-electron chi connectivity index (χ1n) is 41.6. The fourth-order valence-electron chi connectivity index (χ4n) is 16.6. The number of thiophene rings is 1. The summed E-state index contributed by atoms with van der Waals surface area (Å²) in [4.78, 5) is 40.0. The van der Waals surface area contributed by atoms with Crippen LogP contribution < -0.4 is 0 Å². The molecule has 0 unspecified atom stereocenters. The van der Waals surface area contributed by atoms with Gasteiger partial charge >= 0.3 is 0 Å². The highest BCUT2D eigenvalue weighted by Gasteiger charge is 2.22. The fourth-order valence-corrected chi connectivity index (χ4v) is 17.7. The molecular formula is C114H72N8O2S. The monoisotopic (exact) mass is 1620 g/mol. The van der Waals surface area contributed by atoms with E-state index >= 15 is 0 Å². The molecule has 24 aromatic rings. The van der Waals surface area contributed by atoms with Crippen LogP contribution in [-0.4, -0.2) is 39.9 Å². The zero-order chi connectivity index (χ0) is 82.9. The second-order valence-electron chi connectivity index (χ2n) is 30.8. The van der Waals surface area contributed by atoms with Crippen LogP contribution in [-0.2, 0) is 0 Å². The van der Waals surface area contributed by atoms with Gasteiger partial charge < -0.3 is 8.83 Å². The number of hydrogen-bond donors (Lipinski definition) is 0. The summed E-state index contributed by atoms with van der Waals surface area (Å²) in [5.41, 5.74) is 26.4. The number of furan rings is 2. The zero-order valence-corrected chi connectivity index (χ0v) is 68.2. The van der Waals surface area contributed by atoms with Crippen molar-refractivity contribution in [1.29, 1.82) is 0 Å². The molecule has 0 saturated carbocycles. The molecule has 11 heteroatoms. The summed E-state index contributed by atoms with van der Waals surface area (Å²) in [6.07, 6.45) is 0. The molecule has 0 atom stereocenters. The van der Waals surface area contributed by atoms with Crippen LogP contribution in [0.2, 0.25) is 0 Å². The SMILES string of the molecule is c1ccc(-c2ccc(-c3nc(-c4ccc(-c5ccc6c(c5)oc5ccccc56)cc4)nc(-c4ccc5ccccc5c4)n3)cc2)cc1.c1ccc(-c2ccc(-c3nc(-c4ccccc4)nc(-c4ccc(-c5ccc6c(c5)oc5ccccc56)cc4)n3)cc2)cc1.c1ccc(-c2ccc(-c3nc4ccccc4nc3-c3cccc4sc5ccccc5c34)cc2)cc1. The predicted octanol–water partition coefficient (Wildman–Crippen LogP) is 30.4. The Kier molecular flexibility index (Phi) is 19.6. The first kappa shape index (κ1) is 74.7. The van der Waals surface area contributed by atoms with Gasteiger partial charge in [0.1, 0.15) is 22.3 Å². The Morgan fingerprint density at radius 2 is 0.472 bits per heavy atom. The maximum absolute atomic E-state index is 6.15. The maximum atomic E-state index is 6.15. The molecule has 6 aromatic heterocycles. The van der Waals surface area contributed by atoms with Gasteiger partial charge in [-0.15, -0.1) is 11.3 Å². The molecule has 0 aliphatic carbocycles. The molecule has 18 aromatic carbocycles. The van der Waals surface area contributed by atoms with Gasteiger partial charge in [0, 0.05) is 86.2 Å². The zero-order valence-electron chi connectivity index (χ0n) is 67.4. The van der Waals surface area contributed by atoms with Crippen molar-refractivity contribution in [3.63, 3.8) is 0 Å². The lowest BCUT2D eigenvalue weighted by Gasteiger charge is -2.12. The molecule has 0 bridgehead atoms. The summed E-state index contributed by atoms with van der Waals surface area (Å²) in [6, 6.07) is 151. The van der Waals surface area contributed by atoms with Crippen molar-refractivity contribution in [2.45, 2.75) is 0 Å². The van der Waals surface area contributed by atoms with Crippen LogP contribution in [0.25, 0.3) is 232 Å². The summed E-state index contributed by atoms with van der Waals surface area (Å²) in [6.45, 7) is 0.